The van der Waals surface area contributed by atoms with E-state index in [2.05, 4.69) is 211 Å². The molecule has 0 aromatic heterocycles. The Morgan fingerprint density at radius 2 is 0.647 bits per heavy atom. The second kappa shape index (κ2) is 16.3. The summed E-state index contributed by atoms with van der Waals surface area (Å²) in [5.74, 6) is 0.940. The molecule has 0 heterocycles. The van der Waals surface area contributed by atoms with Crippen LogP contribution in [0.4, 0.5) is 11.4 Å². The minimum Gasteiger partial charge on any atom is -0.380 e. The van der Waals surface area contributed by atoms with Gasteiger partial charge in [-0.15, -0.1) is 0 Å². The second-order valence-corrected chi connectivity index (χ2v) is 14.8. The van der Waals surface area contributed by atoms with Gasteiger partial charge in [-0.25, -0.2) is 0 Å². The van der Waals surface area contributed by atoms with Crippen molar-refractivity contribution >= 4 is 11.4 Å². The fraction of sp³-hybridized carbons (Fsp3) is 0.265. The Morgan fingerprint density at radius 3 is 0.941 bits per heavy atom. The maximum Gasteiger partial charge on any atom is 0.0432 e. The molecule has 6 rings (SSSR count). The van der Waals surface area contributed by atoms with E-state index in [1.54, 1.807) is 0 Å². The molecule has 0 amide bonds. The molecule has 260 valence electrons. The van der Waals surface area contributed by atoms with E-state index < -0.39 is 0 Å². The third-order valence-corrected chi connectivity index (χ3v) is 10.4. The van der Waals surface area contributed by atoms with Gasteiger partial charge in [0.15, 0.2) is 0 Å². The number of nitrogens with one attached hydrogen (secondary N) is 2. The summed E-state index contributed by atoms with van der Waals surface area (Å²) in [6.07, 6.45) is 0. The SMILES string of the molecule is Cc1cc(C(c2ccccc2)c2ccccc2)c(NC(C)C(C)Nc2c(C(C)C)cccc2C(C)C)c(C(c2ccccc2)c2ccccc2)c1. The zero-order chi connectivity index (χ0) is 35.9. The van der Waals surface area contributed by atoms with Gasteiger partial charge in [-0.3, -0.25) is 0 Å². The Balaban J connectivity index is 1.55. The predicted molar refractivity (Wildman–Crippen MR) is 220 cm³/mol. The van der Waals surface area contributed by atoms with Crippen molar-refractivity contribution in [2.75, 3.05) is 10.6 Å². The first kappa shape index (κ1) is 35.7. The van der Waals surface area contributed by atoms with E-state index >= 15 is 0 Å². The molecule has 2 nitrogen and oxygen atoms in total. The van der Waals surface area contributed by atoms with Crippen LogP contribution in [0.1, 0.15) is 115 Å². The van der Waals surface area contributed by atoms with E-state index in [9.17, 15) is 0 Å². The van der Waals surface area contributed by atoms with Gasteiger partial charge < -0.3 is 10.6 Å². The third kappa shape index (κ3) is 8.12. The zero-order valence-corrected chi connectivity index (χ0v) is 31.4. The Morgan fingerprint density at radius 1 is 0.353 bits per heavy atom. The van der Waals surface area contributed by atoms with Gasteiger partial charge in [-0.2, -0.15) is 0 Å². The van der Waals surface area contributed by atoms with Crippen molar-refractivity contribution in [1.82, 2.24) is 0 Å². The van der Waals surface area contributed by atoms with Crippen LogP contribution in [0, 0.1) is 6.92 Å². The predicted octanol–water partition coefficient (Wildman–Crippen LogP) is 12.9. The Bertz CT molecular complexity index is 1770. The standard InChI is InChI=1S/C49H54N2/c1-33(2)42-29-20-30-43(34(3)4)48(42)50-36(6)37(7)51-49-44(46(38-21-12-8-13-22-38)39-23-14-9-15-24-39)31-35(5)32-45(49)47(40-25-16-10-17-26-40)41-27-18-11-19-28-41/h8-34,36-37,46-47,50-51H,1-7H3. The lowest BCUT2D eigenvalue weighted by molar-refractivity contribution is 0.668. The minimum absolute atomic E-state index is 0.0467. The summed E-state index contributed by atoms with van der Waals surface area (Å²) in [5.41, 5.74) is 14.2. The van der Waals surface area contributed by atoms with Crippen LogP contribution in [0.2, 0.25) is 0 Å². The zero-order valence-electron chi connectivity index (χ0n) is 31.4. The van der Waals surface area contributed by atoms with Gasteiger partial charge in [0, 0.05) is 35.3 Å². The van der Waals surface area contributed by atoms with E-state index in [-0.39, 0.29) is 23.9 Å². The van der Waals surface area contributed by atoms with Crippen LogP contribution in [-0.2, 0) is 0 Å². The number of anilines is 2. The van der Waals surface area contributed by atoms with Gasteiger partial charge in [-0.05, 0) is 77.1 Å². The quantitative estimate of drug-likeness (QED) is 0.120. The Kier molecular flexibility index (Phi) is 11.4. The molecule has 0 bridgehead atoms. The highest BCUT2D eigenvalue weighted by molar-refractivity contribution is 5.69. The number of rotatable bonds is 13. The summed E-state index contributed by atoms with van der Waals surface area (Å²) in [6, 6.07) is 55.9. The summed E-state index contributed by atoms with van der Waals surface area (Å²) in [4.78, 5) is 0. The maximum atomic E-state index is 4.20. The molecular formula is C49H54N2. The van der Waals surface area contributed by atoms with Crippen LogP contribution in [0.15, 0.2) is 152 Å². The lowest BCUT2D eigenvalue weighted by atomic mass is 9.78. The van der Waals surface area contributed by atoms with Crippen molar-refractivity contribution in [3.63, 3.8) is 0 Å². The molecule has 0 aliphatic rings. The third-order valence-electron chi connectivity index (χ3n) is 10.4. The molecule has 0 aliphatic carbocycles. The average molecular weight is 671 g/mol. The molecule has 2 heteroatoms. The van der Waals surface area contributed by atoms with Crippen LogP contribution in [0.25, 0.3) is 0 Å². The first-order chi connectivity index (χ1) is 24.7. The first-order valence-corrected chi connectivity index (χ1v) is 18.7. The molecule has 0 saturated heterocycles. The first-order valence-electron chi connectivity index (χ1n) is 18.7. The van der Waals surface area contributed by atoms with Gasteiger partial charge in [0.2, 0.25) is 0 Å². The smallest absolute Gasteiger partial charge is 0.0432 e. The monoisotopic (exact) mass is 670 g/mol. The topological polar surface area (TPSA) is 24.1 Å². The van der Waals surface area contributed by atoms with E-state index in [4.69, 9.17) is 0 Å². The molecule has 0 spiro atoms. The van der Waals surface area contributed by atoms with Gasteiger partial charge in [0.05, 0.1) is 0 Å². The highest BCUT2D eigenvalue weighted by atomic mass is 15.0. The van der Waals surface area contributed by atoms with E-state index in [0.29, 0.717) is 11.8 Å². The Labute approximate surface area is 307 Å². The maximum absolute atomic E-state index is 4.20. The normalized spacial score (nSPS) is 12.8. The molecule has 6 aromatic carbocycles. The number of hydrogen-bond acceptors (Lipinski definition) is 2. The van der Waals surface area contributed by atoms with Gasteiger partial charge in [0.25, 0.3) is 0 Å². The molecule has 2 N–H and O–H groups in total. The second-order valence-electron chi connectivity index (χ2n) is 14.8. The number of hydrogen-bond donors (Lipinski definition) is 2. The summed E-state index contributed by atoms with van der Waals surface area (Å²) in [7, 11) is 0. The molecule has 0 saturated carbocycles. The molecule has 6 aromatic rings. The molecule has 0 fully saturated rings. The number of aryl methyl sites for hydroxylation is 1. The van der Waals surface area contributed by atoms with Gasteiger partial charge in [-0.1, -0.05) is 185 Å². The highest BCUT2D eigenvalue weighted by Gasteiger charge is 2.29. The van der Waals surface area contributed by atoms with Crippen molar-refractivity contribution < 1.29 is 0 Å². The molecule has 2 unspecified atom stereocenters. The van der Waals surface area contributed by atoms with Gasteiger partial charge in [0.1, 0.15) is 0 Å². The number of para-hydroxylation sites is 1. The molecule has 51 heavy (non-hydrogen) atoms. The molecule has 0 aliphatic heterocycles. The highest BCUT2D eigenvalue weighted by Crippen LogP contribution is 2.44. The fourth-order valence-corrected chi connectivity index (χ4v) is 7.57. The van der Waals surface area contributed by atoms with Crippen LogP contribution in [0.3, 0.4) is 0 Å². The lowest BCUT2D eigenvalue weighted by Crippen LogP contribution is -2.36. The van der Waals surface area contributed by atoms with Crippen molar-refractivity contribution in [2.45, 2.75) is 84.2 Å². The van der Waals surface area contributed by atoms with Crippen molar-refractivity contribution in [2.24, 2.45) is 0 Å². The molecule has 2 atom stereocenters. The van der Waals surface area contributed by atoms with Crippen LogP contribution < -0.4 is 10.6 Å². The van der Waals surface area contributed by atoms with Crippen molar-refractivity contribution in [3.05, 3.63) is 202 Å². The Hall–Kier alpha value is -5.08. The summed E-state index contributed by atoms with van der Waals surface area (Å²) >= 11 is 0. The fourth-order valence-electron chi connectivity index (χ4n) is 7.57. The summed E-state index contributed by atoms with van der Waals surface area (Å²) in [6.45, 7) is 16.1. The minimum atomic E-state index is 0.0467. The van der Waals surface area contributed by atoms with Crippen molar-refractivity contribution in [3.8, 4) is 0 Å². The molecular weight excluding hydrogens is 617 g/mol. The van der Waals surface area contributed by atoms with E-state index in [0.717, 1.165) is 0 Å². The average Bonchev–Trinajstić information content (AvgIpc) is 3.14. The van der Waals surface area contributed by atoms with Crippen molar-refractivity contribution in [1.29, 1.82) is 0 Å². The lowest BCUT2D eigenvalue weighted by Gasteiger charge is -2.33. The van der Waals surface area contributed by atoms with Crippen LogP contribution in [-0.4, -0.2) is 12.1 Å². The summed E-state index contributed by atoms with van der Waals surface area (Å²) < 4.78 is 0. The summed E-state index contributed by atoms with van der Waals surface area (Å²) in [5, 5.41) is 8.24. The van der Waals surface area contributed by atoms with Gasteiger partial charge >= 0.3 is 0 Å². The van der Waals surface area contributed by atoms with E-state index in [1.807, 2.05) is 0 Å². The number of benzene rings is 6. The van der Waals surface area contributed by atoms with Crippen LogP contribution in [0.5, 0.6) is 0 Å². The molecule has 0 radical (unpaired) electrons. The van der Waals surface area contributed by atoms with E-state index in [1.165, 1.54) is 61.4 Å². The van der Waals surface area contributed by atoms with Crippen LogP contribution >= 0.6 is 0 Å². The largest absolute Gasteiger partial charge is 0.380 e.